The van der Waals surface area contributed by atoms with Crippen molar-refractivity contribution in [1.82, 2.24) is 4.90 Å². The fourth-order valence-electron chi connectivity index (χ4n) is 9.69. The number of rotatable bonds is 7. The first-order chi connectivity index (χ1) is 28.4. The molecule has 1 aliphatic carbocycles. The number of esters is 1. The van der Waals surface area contributed by atoms with Gasteiger partial charge in [-0.2, -0.15) is 10.2 Å². The van der Waals surface area contributed by atoms with Gasteiger partial charge in [0, 0.05) is 63.5 Å². The molecule has 14 atom stereocenters. The molecule has 3 N–H and O–H groups in total. The minimum absolute atomic E-state index is 0.0216. The minimum Gasteiger partial charge on any atom is -0.456 e. The van der Waals surface area contributed by atoms with Gasteiger partial charge in [0.15, 0.2) is 0 Å². The number of ketones is 1. The maximum Gasteiger partial charge on any atom is 0.329 e. The van der Waals surface area contributed by atoms with Crippen LogP contribution in [0.2, 0.25) is 0 Å². The molecule has 0 spiro atoms. The highest BCUT2D eigenvalue weighted by Crippen LogP contribution is 2.39. The number of carbonyl (C=O) groups is 3. The van der Waals surface area contributed by atoms with Gasteiger partial charge in [-0.05, 0) is 109 Å². The maximum atomic E-state index is 14.5. The molecule has 3 fully saturated rings. The van der Waals surface area contributed by atoms with Crippen molar-refractivity contribution in [2.24, 2.45) is 39.8 Å². The Hall–Kier alpha value is -2.85. The van der Waals surface area contributed by atoms with Gasteiger partial charge in [0.05, 0.1) is 30.5 Å². The highest BCUT2D eigenvalue weighted by atomic mass is 16.7. The van der Waals surface area contributed by atoms with E-state index >= 15 is 0 Å². The van der Waals surface area contributed by atoms with E-state index in [9.17, 15) is 29.7 Å². The first-order valence-corrected chi connectivity index (χ1v) is 22.2. The van der Waals surface area contributed by atoms with E-state index in [0.717, 1.165) is 16.9 Å². The lowest BCUT2D eigenvalue weighted by Crippen LogP contribution is -2.64. The molecule has 0 unspecified atom stereocenters. The minimum atomic E-state index is -2.49. The van der Waals surface area contributed by atoms with E-state index in [1.807, 2.05) is 33.8 Å². The number of amides is 1. The average Bonchev–Trinajstić information content (AvgIpc) is 3.22. The largest absolute Gasteiger partial charge is 0.456 e. The molecule has 14 nitrogen and oxygen atoms in total. The molecule has 60 heavy (non-hydrogen) atoms. The molecule has 1 amide bonds. The molecule has 2 saturated heterocycles. The molecule has 1 saturated carbocycles. The summed E-state index contributed by atoms with van der Waals surface area (Å²) in [5.41, 5.74) is 3.30. The van der Waals surface area contributed by atoms with Crippen molar-refractivity contribution in [1.29, 1.82) is 0 Å². The maximum absolute atomic E-state index is 14.5. The zero-order chi connectivity index (χ0) is 44.5. The van der Waals surface area contributed by atoms with Crippen LogP contribution in [0.25, 0.3) is 0 Å². The van der Waals surface area contributed by atoms with Crippen LogP contribution in [0.15, 0.2) is 33.5 Å². The van der Waals surface area contributed by atoms with Crippen LogP contribution in [0.5, 0.6) is 0 Å². The summed E-state index contributed by atoms with van der Waals surface area (Å²) in [6, 6.07) is -1.11. The van der Waals surface area contributed by atoms with Gasteiger partial charge >= 0.3 is 5.97 Å². The lowest BCUT2D eigenvalue weighted by atomic mass is 9.81. The van der Waals surface area contributed by atoms with E-state index in [0.29, 0.717) is 57.1 Å². The summed E-state index contributed by atoms with van der Waals surface area (Å²) < 4.78 is 30.1. The monoisotopic (exact) mass is 846 g/mol. The normalized spacial score (nSPS) is 40.2. The summed E-state index contributed by atoms with van der Waals surface area (Å²) >= 11 is 0. The van der Waals surface area contributed by atoms with Crippen molar-refractivity contribution in [2.75, 3.05) is 27.9 Å². The standard InChI is InChI=1S/C46H75N3O11/c1-12-33-20-27(4)19-28(5)21-39(57-10)42-40(58-11)23-30(7)46(55,60-42)43(52)44(53)49-18-14-13-15-35(49)45(54)59-41(31(8)37(51)25-34(33)48-47-26(2)3)29(6)22-32-16-17-36(50)38(24-32)56-9/h20,22,28,30-33,35-42,50-51,55H,12-19,21,23-25H2,1-11H3/b27-20+,29-22+,48-34-/t28-,30+,31+,32-,33+,35-,36+,37-,38+,39-,40-,41+,42+,46+/m0/s1. The molecular weight excluding hydrogens is 771 g/mol. The summed E-state index contributed by atoms with van der Waals surface area (Å²) in [5.74, 6) is -6.84. The fourth-order valence-corrected chi connectivity index (χ4v) is 9.69. The number of hydrogen-bond acceptors (Lipinski definition) is 13. The van der Waals surface area contributed by atoms with Gasteiger partial charge in [-0.15, -0.1) is 0 Å². The first-order valence-electron chi connectivity index (χ1n) is 22.2. The van der Waals surface area contributed by atoms with E-state index < -0.39 is 77.9 Å². The lowest BCUT2D eigenvalue weighted by Gasteiger charge is -2.47. The van der Waals surface area contributed by atoms with Gasteiger partial charge in [-0.1, -0.05) is 45.4 Å². The highest BCUT2D eigenvalue weighted by molar-refractivity contribution is 6.39. The molecule has 4 rings (SSSR count). The number of carbonyl (C=O) groups excluding carboxylic acids is 3. The van der Waals surface area contributed by atoms with Crippen LogP contribution in [-0.2, 0) is 38.1 Å². The van der Waals surface area contributed by atoms with Crippen LogP contribution < -0.4 is 0 Å². The van der Waals surface area contributed by atoms with Crippen molar-refractivity contribution in [3.8, 4) is 0 Å². The third kappa shape index (κ3) is 12.2. The van der Waals surface area contributed by atoms with E-state index in [1.165, 1.54) is 4.90 Å². The molecule has 0 aromatic heterocycles. The Bertz CT molecular complexity index is 1590. The van der Waals surface area contributed by atoms with Gasteiger partial charge in [0.1, 0.15) is 18.2 Å². The number of hydrogen-bond donors (Lipinski definition) is 3. The second-order valence-electron chi connectivity index (χ2n) is 18.3. The van der Waals surface area contributed by atoms with Gasteiger partial charge < -0.3 is 43.9 Å². The molecule has 3 aliphatic heterocycles. The summed E-state index contributed by atoms with van der Waals surface area (Å²) in [7, 11) is 4.70. The molecule has 4 aliphatic rings. The Morgan fingerprint density at radius 2 is 1.58 bits per heavy atom. The summed E-state index contributed by atoms with van der Waals surface area (Å²) in [6.07, 6.45) is 4.97. The Balaban J connectivity index is 1.84. The predicted octanol–water partition coefficient (Wildman–Crippen LogP) is 5.74. The number of ether oxygens (including phenoxy) is 5. The number of aliphatic hydroxyl groups excluding tert-OH is 2. The number of aliphatic hydroxyl groups is 3. The van der Waals surface area contributed by atoms with Gasteiger partial charge in [-0.3, -0.25) is 9.59 Å². The van der Waals surface area contributed by atoms with Crippen molar-refractivity contribution in [3.05, 3.63) is 23.3 Å². The fraction of sp³-hybridized carbons (Fsp3) is 0.804. The predicted molar refractivity (Wildman–Crippen MR) is 229 cm³/mol. The number of allylic oxidation sites excluding steroid dienone is 3. The number of methoxy groups -OCH3 is 3. The highest BCUT2D eigenvalue weighted by Gasteiger charge is 2.56. The SMILES string of the molecule is CC[C@@H]1/C=C(\C)C[C@H](C)C[C@H](OC)[C@H]2O[C@@](O)(C(=O)C(=O)N3CCCC[C@H]3C(=O)O[C@H](/C(C)=C/[C@@H]3CC[C@@H](O)[C@H](OC)C3)[C@H](C)[C@@H](O)C/C1=N/N=C(C)C)[C@H](C)C[C@@H]2OC. The Labute approximate surface area is 358 Å². The Morgan fingerprint density at radius 3 is 2.22 bits per heavy atom. The summed E-state index contributed by atoms with van der Waals surface area (Å²) in [4.78, 5) is 44.3. The molecule has 3 heterocycles. The average molecular weight is 846 g/mol. The number of Topliss-reactive ketones (excluding diaryl/α,β-unsaturated/α-hetero) is 1. The van der Waals surface area contributed by atoms with Crippen LogP contribution in [0.3, 0.4) is 0 Å². The zero-order valence-electron chi connectivity index (χ0n) is 38.1. The van der Waals surface area contributed by atoms with Gasteiger partial charge in [0.25, 0.3) is 11.7 Å². The molecule has 2 bridgehead atoms. The van der Waals surface area contributed by atoms with Crippen molar-refractivity contribution >= 4 is 29.1 Å². The van der Waals surface area contributed by atoms with Crippen LogP contribution in [0, 0.1) is 29.6 Å². The van der Waals surface area contributed by atoms with Crippen LogP contribution >= 0.6 is 0 Å². The molecule has 14 heteroatoms. The van der Waals surface area contributed by atoms with Crippen molar-refractivity contribution in [2.45, 2.75) is 181 Å². The van der Waals surface area contributed by atoms with Gasteiger partial charge in [-0.25, -0.2) is 4.79 Å². The van der Waals surface area contributed by atoms with E-state index in [1.54, 1.807) is 28.3 Å². The van der Waals surface area contributed by atoms with Crippen LogP contribution in [-0.4, -0.2) is 132 Å². The zero-order valence-corrected chi connectivity index (χ0v) is 38.1. The molecule has 340 valence electrons. The quantitative estimate of drug-likeness (QED) is 0.0933. The third-order valence-corrected chi connectivity index (χ3v) is 13.3. The molecular formula is C46H75N3O11. The number of cyclic esters (lactones) is 1. The molecule has 0 aromatic rings. The second kappa shape index (κ2) is 22.5. The number of piperidine rings is 1. The smallest absolute Gasteiger partial charge is 0.329 e. The van der Waals surface area contributed by atoms with E-state index in [-0.39, 0.29) is 49.7 Å². The number of nitrogens with zero attached hydrogens (tertiary/aromatic N) is 3. The Kier molecular flexibility index (Phi) is 18.7. The third-order valence-electron chi connectivity index (χ3n) is 13.3. The van der Waals surface area contributed by atoms with Gasteiger partial charge in [0.2, 0.25) is 5.79 Å². The van der Waals surface area contributed by atoms with Crippen molar-refractivity contribution < 1.29 is 53.4 Å². The molecule has 0 aromatic carbocycles. The van der Waals surface area contributed by atoms with E-state index in [2.05, 4.69) is 31.9 Å². The summed E-state index contributed by atoms with van der Waals surface area (Å²) in [6.45, 7) is 15.5. The molecule has 0 radical (unpaired) electrons. The first kappa shape index (κ1) is 49.8. The second-order valence-corrected chi connectivity index (χ2v) is 18.3. The van der Waals surface area contributed by atoms with Crippen LogP contribution in [0.1, 0.15) is 126 Å². The Morgan fingerprint density at radius 1 is 0.917 bits per heavy atom. The van der Waals surface area contributed by atoms with E-state index in [4.69, 9.17) is 28.8 Å². The lowest BCUT2D eigenvalue weighted by molar-refractivity contribution is -0.302. The topological polar surface area (TPSA) is 186 Å². The summed E-state index contributed by atoms with van der Waals surface area (Å²) in [5, 5.41) is 43.8. The number of fused-ring (bicyclic) bond motifs is 3. The van der Waals surface area contributed by atoms with Crippen LogP contribution in [0.4, 0.5) is 0 Å². The van der Waals surface area contributed by atoms with Crippen molar-refractivity contribution in [3.63, 3.8) is 0 Å².